The number of hydrogen-bond donors (Lipinski definition) is 0. The highest BCUT2D eigenvalue weighted by Gasteiger charge is 2.31. The van der Waals surface area contributed by atoms with Gasteiger partial charge in [-0.05, 0) is 20.3 Å². The molecule has 0 aliphatic carbocycles. The van der Waals surface area contributed by atoms with E-state index < -0.39 is 5.97 Å². The molecule has 1 unspecified atom stereocenters. The molecule has 0 saturated carbocycles. The molecular formula is C12H17IN2O3. The minimum absolute atomic E-state index is 0. The van der Waals surface area contributed by atoms with Crippen molar-refractivity contribution in [1.29, 1.82) is 0 Å². The zero-order valence-electron chi connectivity index (χ0n) is 10.8. The first-order chi connectivity index (χ1) is 8.06. The van der Waals surface area contributed by atoms with E-state index in [1.54, 1.807) is 24.7 Å². The molecule has 0 aromatic carbocycles. The van der Waals surface area contributed by atoms with Crippen LogP contribution in [0.25, 0.3) is 0 Å². The molecule has 1 aromatic rings. The van der Waals surface area contributed by atoms with Gasteiger partial charge in [0.1, 0.15) is 6.20 Å². The van der Waals surface area contributed by atoms with Crippen molar-refractivity contribution in [3.8, 4) is 0 Å². The second kappa shape index (κ2) is 5.81. The molecule has 0 N–H and O–H groups in total. The zero-order chi connectivity index (χ0) is 12.6. The first kappa shape index (κ1) is 15.1. The lowest BCUT2D eigenvalue weighted by Gasteiger charge is -2.07. The van der Waals surface area contributed by atoms with E-state index in [0.717, 1.165) is 18.7 Å². The van der Waals surface area contributed by atoms with Crippen LogP contribution in [-0.2, 0) is 18.2 Å². The summed E-state index contributed by atoms with van der Waals surface area (Å²) >= 11 is 0. The first-order valence-electron chi connectivity index (χ1n) is 5.87. The van der Waals surface area contributed by atoms with E-state index >= 15 is 0 Å². The number of aromatic nitrogens is 2. The maximum Gasteiger partial charge on any atom is 0.351 e. The van der Waals surface area contributed by atoms with Crippen molar-refractivity contribution >= 4 is 5.97 Å². The number of esters is 1. The Morgan fingerprint density at radius 1 is 1.61 bits per heavy atom. The predicted molar refractivity (Wildman–Crippen MR) is 60.9 cm³/mol. The third-order valence-electron chi connectivity index (χ3n) is 3.24. The number of carbonyl (C=O) groups excluding carboxylic acids is 1. The fourth-order valence-corrected chi connectivity index (χ4v) is 2.24. The van der Waals surface area contributed by atoms with E-state index in [4.69, 9.17) is 4.74 Å². The van der Waals surface area contributed by atoms with Gasteiger partial charge in [-0.1, -0.05) is 0 Å². The molecule has 18 heavy (non-hydrogen) atoms. The molecule has 1 aliphatic rings. The fourth-order valence-electron chi connectivity index (χ4n) is 2.24. The standard InChI is InChI=1S/C12H17N2O3.HI/c1-4-17-12(16)9-7-14-8(2)5-6-10(14)13(3)11(9)15;/h7-8H,4-6H2,1-3H3;1H/q+1;/p-1. The van der Waals surface area contributed by atoms with Crippen LogP contribution in [-0.4, -0.2) is 17.1 Å². The normalized spacial score (nSPS) is 16.9. The van der Waals surface area contributed by atoms with Crippen LogP contribution in [0.3, 0.4) is 0 Å². The second-order valence-electron chi connectivity index (χ2n) is 4.34. The Labute approximate surface area is 123 Å². The van der Waals surface area contributed by atoms with Crippen LogP contribution in [0.1, 0.15) is 42.5 Å². The van der Waals surface area contributed by atoms with Crippen molar-refractivity contribution in [3.05, 3.63) is 27.9 Å². The van der Waals surface area contributed by atoms with E-state index in [1.165, 1.54) is 0 Å². The smallest absolute Gasteiger partial charge is 0.351 e. The van der Waals surface area contributed by atoms with Crippen LogP contribution in [0.4, 0.5) is 0 Å². The van der Waals surface area contributed by atoms with Gasteiger partial charge in [0.2, 0.25) is 0 Å². The number of hydrogen-bond acceptors (Lipinski definition) is 3. The molecule has 0 fully saturated rings. The lowest BCUT2D eigenvalue weighted by atomic mass is 10.2. The van der Waals surface area contributed by atoms with E-state index in [1.807, 2.05) is 4.57 Å². The zero-order valence-corrected chi connectivity index (χ0v) is 12.9. The predicted octanol–water partition coefficient (Wildman–Crippen LogP) is -2.64. The molecule has 0 amide bonds. The van der Waals surface area contributed by atoms with Gasteiger partial charge >= 0.3 is 11.5 Å². The molecule has 0 spiro atoms. The molecule has 0 radical (unpaired) electrons. The maximum atomic E-state index is 12.0. The van der Waals surface area contributed by atoms with Crippen LogP contribution in [0.5, 0.6) is 0 Å². The van der Waals surface area contributed by atoms with E-state index in [0.29, 0.717) is 6.04 Å². The molecule has 100 valence electrons. The van der Waals surface area contributed by atoms with Crippen LogP contribution >= 0.6 is 0 Å². The van der Waals surface area contributed by atoms with Crippen LogP contribution in [0, 0.1) is 0 Å². The molecular weight excluding hydrogens is 347 g/mol. The highest BCUT2D eigenvalue weighted by molar-refractivity contribution is 5.88. The van der Waals surface area contributed by atoms with Crippen molar-refractivity contribution < 1.29 is 38.1 Å². The molecule has 1 aromatic heterocycles. The van der Waals surface area contributed by atoms with Gasteiger partial charge in [-0.3, -0.25) is 0 Å². The van der Waals surface area contributed by atoms with Gasteiger partial charge in [0, 0.05) is 0 Å². The molecule has 0 bridgehead atoms. The minimum Gasteiger partial charge on any atom is -1.00 e. The van der Waals surface area contributed by atoms with Crippen molar-refractivity contribution in [2.75, 3.05) is 6.61 Å². The van der Waals surface area contributed by atoms with E-state index in [-0.39, 0.29) is 41.7 Å². The van der Waals surface area contributed by atoms with Gasteiger partial charge in [0.05, 0.1) is 26.1 Å². The lowest BCUT2D eigenvalue weighted by molar-refractivity contribution is -0.717. The fraction of sp³-hybridized carbons (Fsp3) is 0.583. The Morgan fingerprint density at radius 3 is 2.89 bits per heavy atom. The number of rotatable bonds is 2. The maximum absolute atomic E-state index is 12.0. The molecule has 2 rings (SSSR count). The Bertz CT molecular complexity index is 525. The summed E-state index contributed by atoms with van der Waals surface area (Å²) < 4.78 is 8.44. The number of halogens is 1. The van der Waals surface area contributed by atoms with Gasteiger partial charge in [0.25, 0.3) is 5.82 Å². The van der Waals surface area contributed by atoms with Crippen molar-refractivity contribution in [3.63, 3.8) is 0 Å². The molecule has 1 atom stereocenters. The summed E-state index contributed by atoms with van der Waals surface area (Å²) in [5.74, 6) is 0.429. The molecule has 6 heteroatoms. The summed E-state index contributed by atoms with van der Waals surface area (Å²) in [4.78, 5) is 23.7. The average molecular weight is 364 g/mol. The van der Waals surface area contributed by atoms with Gasteiger partial charge in [-0.25, -0.2) is 14.2 Å². The molecule has 0 saturated heterocycles. The van der Waals surface area contributed by atoms with Crippen LogP contribution in [0.2, 0.25) is 0 Å². The van der Waals surface area contributed by atoms with E-state index in [2.05, 4.69) is 6.92 Å². The SMILES string of the molecule is CCOC(=O)c1c[n+]2c(n(C)c1=O)CCC2C.[I-]. The number of carbonyl (C=O) groups is 1. The summed E-state index contributed by atoms with van der Waals surface area (Å²) in [6.45, 7) is 4.08. The van der Waals surface area contributed by atoms with Crippen LogP contribution in [0.15, 0.2) is 11.0 Å². The van der Waals surface area contributed by atoms with Gasteiger partial charge < -0.3 is 28.7 Å². The first-order valence-corrected chi connectivity index (χ1v) is 5.87. The Balaban J connectivity index is 0.00000162. The highest BCUT2D eigenvalue weighted by atomic mass is 127. The third-order valence-corrected chi connectivity index (χ3v) is 3.24. The molecule has 2 heterocycles. The lowest BCUT2D eigenvalue weighted by Crippen LogP contribution is -3.00. The van der Waals surface area contributed by atoms with Crippen molar-refractivity contribution in [1.82, 2.24) is 4.57 Å². The third kappa shape index (κ3) is 2.43. The summed E-state index contributed by atoms with van der Waals surface area (Å²) in [7, 11) is 1.70. The molecule has 1 aliphatic heterocycles. The highest BCUT2D eigenvalue weighted by Crippen LogP contribution is 2.14. The summed E-state index contributed by atoms with van der Waals surface area (Å²) in [6, 6.07) is 0.324. The largest absolute Gasteiger partial charge is 1.00 e. The second-order valence-corrected chi connectivity index (χ2v) is 4.34. The van der Waals surface area contributed by atoms with E-state index in [9.17, 15) is 9.59 Å². The quantitative estimate of drug-likeness (QED) is 0.328. The van der Waals surface area contributed by atoms with Crippen LogP contribution < -0.4 is 34.1 Å². The monoisotopic (exact) mass is 364 g/mol. The van der Waals surface area contributed by atoms with Gasteiger partial charge in [-0.2, -0.15) is 4.57 Å². The Morgan fingerprint density at radius 2 is 2.28 bits per heavy atom. The summed E-state index contributed by atoms with van der Waals surface area (Å²) in [5.41, 5.74) is -0.157. The van der Waals surface area contributed by atoms with Gasteiger partial charge in [-0.15, -0.1) is 0 Å². The van der Waals surface area contributed by atoms with Gasteiger partial charge in [0.15, 0.2) is 5.56 Å². The number of ether oxygens (including phenoxy) is 1. The number of nitrogens with zero attached hydrogens (tertiary/aromatic N) is 2. The Kier molecular flexibility index (Phi) is 4.89. The molecule has 5 nitrogen and oxygen atoms in total. The Hall–Kier alpha value is -0.920. The van der Waals surface area contributed by atoms with Crippen molar-refractivity contribution in [2.24, 2.45) is 7.05 Å². The minimum atomic E-state index is -0.539. The topological polar surface area (TPSA) is 52.2 Å². The average Bonchev–Trinajstić information content (AvgIpc) is 2.66. The summed E-state index contributed by atoms with van der Waals surface area (Å²) in [6.07, 6.45) is 3.50. The summed E-state index contributed by atoms with van der Waals surface area (Å²) in [5, 5.41) is 0. The number of fused-ring (bicyclic) bond motifs is 1. The van der Waals surface area contributed by atoms with Crippen molar-refractivity contribution in [2.45, 2.75) is 32.7 Å².